The zero-order chi connectivity index (χ0) is 31.5. The molecule has 0 spiro atoms. The molecule has 3 aromatic rings. The number of carbonyl (C=O) groups excluding carboxylic acids is 2. The van der Waals surface area contributed by atoms with Crippen LogP contribution in [-0.4, -0.2) is 38.5 Å². The lowest BCUT2D eigenvalue weighted by atomic mass is 10.2. The van der Waals surface area contributed by atoms with Gasteiger partial charge in [0, 0.05) is 32.6 Å². The Labute approximate surface area is 254 Å². The van der Waals surface area contributed by atoms with Gasteiger partial charge in [-0.2, -0.15) is 10.1 Å². The van der Waals surface area contributed by atoms with Crippen LogP contribution in [0.1, 0.15) is 76.6 Å². The summed E-state index contributed by atoms with van der Waals surface area (Å²) in [6.07, 6.45) is 1.25. The lowest BCUT2D eigenvalue weighted by Crippen LogP contribution is -2.40. The highest BCUT2D eigenvalue weighted by Crippen LogP contribution is 2.20. The van der Waals surface area contributed by atoms with Crippen molar-refractivity contribution in [3.63, 3.8) is 0 Å². The largest absolute Gasteiger partial charge is 0.399 e. The Morgan fingerprint density at radius 1 is 0.951 bits per heavy atom. The second kappa shape index (κ2) is 20.4. The van der Waals surface area contributed by atoms with Crippen molar-refractivity contribution in [3.05, 3.63) is 76.6 Å². The third-order valence-corrected chi connectivity index (χ3v) is 5.63. The fourth-order valence-corrected chi connectivity index (χ4v) is 3.55. The Hall–Kier alpha value is -3.47. The minimum absolute atomic E-state index is 0.341. The number of hydrogen-bond donors (Lipinski definition) is 3. The Balaban J connectivity index is 0.000000642. The summed E-state index contributed by atoms with van der Waals surface area (Å²) < 4.78 is 3.12. The maximum atomic E-state index is 12.0. The number of imide groups is 1. The topological polar surface area (TPSA) is 140 Å². The van der Waals surface area contributed by atoms with Gasteiger partial charge in [0.05, 0.1) is 5.71 Å². The van der Waals surface area contributed by atoms with E-state index in [2.05, 4.69) is 33.6 Å². The van der Waals surface area contributed by atoms with Crippen LogP contribution >= 0.6 is 23.5 Å². The van der Waals surface area contributed by atoms with E-state index < -0.39 is 17.9 Å². The Morgan fingerprint density at radius 3 is 1.88 bits per heavy atom. The number of nitrogens with zero attached hydrogens (tertiary/aromatic N) is 4. The SMILES string of the molecule is CC.CC.CC1=NN(C(=O)c2ccc(Cl)cc2)C(=O)C1N.CCC.Cc1cc(C)nc(NSc2ccc(N)cc2)n1. The minimum atomic E-state index is -0.828. The van der Waals surface area contributed by atoms with Gasteiger partial charge >= 0.3 is 0 Å². The highest BCUT2D eigenvalue weighted by Gasteiger charge is 2.35. The number of nitrogen functional groups attached to an aromatic ring is 1. The van der Waals surface area contributed by atoms with Crippen LogP contribution in [0.5, 0.6) is 0 Å². The number of carbonyl (C=O) groups is 2. The molecule has 0 aliphatic carbocycles. The molecule has 0 bridgehead atoms. The average molecular weight is 602 g/mol. The summed E-state index contributed by atoms with van der Waals surface area (Å²) in [5, 5.41) is 5.16. The molecule has 1 atom stereocenters. The molecule has 1 unspecified atom stereocenters. The number of aromatic nitrogens is 2. The Bertz CT molecular complexity index is 1220. The van der Waals surface area contributed by atoms with E-state index in [1.54, 1.807) is 19.1 Å². The molecule has 2 aromatic carbocycles. The number of halogens is 1. The first-order chi connectivity index (χ1) is 19.5. The van der Waals surface area contributed by atoms with E-state index in [9.17, 15) is 9.59 Å². The quantitative estimate of drug-likeness (QED) is 0.161. The van der Waals surface area contributed by atoms with E-state index in [1.807, 2.05) is 71.9 Å². The van der Waals surface area contributed by atoms with Crippen molar-refractivity contribution in [1.82, 2.24) is 15.0 Å². The second-order valence-electron chi connectivity index (χ2n) is 8.14. The van der Waals surface area contributed by atoms with E-state index >= 15 is 0 Å². The average Bonchev–Trinajstić information content (AvgIpc) is 3.22. The minimum Gasteiger partial charge on any atom is -0.399 e. The van der Waals surface area contributed by atoms with Crippen LogP contribution in [0.15, 0.2) is 64.6 Å². The molecule has 4 rings (SSSR count). The maximum absolute atomic E-state index is 12.0. The summed E-state index contributed by atoms with van der Waals surface area (Å²) in [7, 11) is 0. The summed E-state index contributed by atoms with van der Waals surface area (Å²) in [6.45, 7) is 17.8. The van der Waals surface area contributed by atoms with Crippen molar-refractivity contribution >= 4 is 52.7 Å². The fraction of sp³-hybridized carbons (Fsp3) is 0.367. The molecule has 2 amide bonds. The monoisotopic (exact) mass is 601 g/mol. The first kappa shape index (κ1) is 37.5. The van der Waals surface area contributed by atoms with Gasteiger partial charge < -0.3 is 11.5 Å². The highest BCUT2D eigenvalue weighted by molar-refractivity contribution is 8.00. The summed E-state index contributed by atoms with van der Waals surface area (Å²) in [4.78, 5) is 33.3. The smallest absolute Gasteiger partial charge is 0.281 e. The molecule has 0 saturated carbocycles. The van der Waals surface area contributed by atoms with Crippen molar-refractivity contribution in [2.24, 2.45) is 10.8 Å². The molecule has 9 nitrogen and oxygen atoms in total. The van der Waals surface area contributed by atoms with Gasteiger partial charge in [0.15, 0.2) is 0 Å². The summed E-state index contributed by atoms with van der Waals surface area (Å²) in [5.74, 6) is -0.384. The summed E-state index contributed by atoms with van der Waals surface area (Å²) in [5.41, 5.74) is 14.6. The maximum Gasteiger partial charge on any atom is 0.281 e. The van der Waals surface area contributed by atoms with Crippen molar-refractivity contribution in [3.8, 4) is 0 Å². The molecular weight excluding hydrogens is 558 g/mol. The number of benzene rings is 2. The first-order valence-corrected chi connectivity index (χ1v) is 14.8. The molecular formula is C30H44ClN7O2S. The van der Waals surface area contributed by atoms with Gasteiger partial charge in [-0.15, -0.1) is 0 Å². The summed E-state index contributed by atoms with van der Waals surface area (Å²) >= 11 is 7.18. The van der Waals surface area contributed by atoms with Gasteiger partial charge in [0.2, 0.25) is 5.95 Å². The molecule has 0 saturated heterocycles. The molecule has 41 heavy (non-hydrogen) atoms. The molecule has 1 aliphatic heterocycles. The number of anilines is 2. The van der Waals surface area contributed by atoms with Gasteiger partial charge in [0.1, 0.15) is 6.04 Å². The molecule has 1 aliphatic rings. The van der Waals surface area contributed by atoms with Crippen LogP contribution in [0.4, 0.5) is 11.6 Å². The molecule has 1 aromatic heterocycles. The van der Waals surface area contributed by atoms with E-state index in [0.29, 0.717) is 22.2 Å². The van der Waals surface area contributed by atoms with Crippen LogP contribution in [0.3, 0.4) is 0 Å². The predicted molar refractivity (Wildman–Crippen MR) is 174 cm³/mol. The molecule has 0 fully saturated rings. The third-order valence-electron chi connectivity index (χ3n) is 4.59. The third kappa shape index (κ3) is 13.2. The number of nitrogens with two attached hydrogens (primary N) is 2. The lowest BCUT2D eigenvalue weighted by molar-refractivity contribution is -0.127. The van der Waals surface area contributed by atoms with Gasteiger partial charge in [0.25, 0.3) is 11.8 Å². The number of rotatable bonds is 4. The molecule has 5 N–H and O–H groups in total. The lowest BCUT2D eigenvalue weighted by Gasteiger charge is -2.10. The van der Waals surface area contributed by atoms with Gasteiger partial charge in [-0.05, 0) is 87.3 Å². The van der Waals surface area contributed by atoms with Gasteiger partial charge in [-0.1, -0.05) is 59.6 Å². The van der Waals surface area contributed by atoms with Crippen molar-refractivity contribution in [2.75, 3.05) is 10.5 Å². The predicted octanol–water partition coefficient (Wildman–Crippen LogP) is 7.29. The van der Waals surface area contributed by atoms with Crippen LogP contribution in [0.25, 0.3) is 0 Å². The van der Waals surface area contributed by atoms with Gasteiger partial charge in [-0.3, -0.25) is 14.3 Å². The standard InChI is InChI=1S/C12H14N4S.C11H10ClN3O2.C3H8.2C2H6/c1-8-7-9(2)15-12(14-8)16-17-11-5-3-10(13)4-6-11;1-6-9(13)11(17)15(14-6)10(16)7-2-4-8(12)5-3-7;1-3-2;2*1-2/h3-7H,13H2,1-2H3,(H,14,15,16);2-5,9H,13H2,1H3;3H2,1-2H3;2*1-2H3. The highest BCUT2D eigenvalue weighted by atomic mass is 35.5. The molecule has 2 heterocycles. The number of hydrogen-bond acceptors (Lipinski definition) is 9. The van der Waals surface area contributed by atoms with Gasteiger partial charge in [-0.25, -0.2) is 9.97 Å². The van der Waals surface area contributed by atoms with Crippen molar-refractivity contribution < 1.29 is 9.59 Å². The van der Waals surface area contributed by atoms with E-state index in [1.165, 1.54) is 30.5 Å². The second-order valence-corrected chi connectivity index (χ2v) is 9.45. The van der Waals surface area contributed by atoms with Crippen LogP contribution in [-0.2, 0) is 4.79 Å². The van der Waals surface area contributed by atoms with Crippen molar-refractivity contribution in [1.29, 1.82) is 0 Å². The van der Waals surface area contributed by atoms with E-state index in [0.717, 1.165) is 27.0 Å². The zero-order valence-electron chi connectivity index (χ0n) is 25.5. The van der Waals surface area contributed by atoms with E-state index in [-0.39, 0.29) is 0 Å². The first-order valence-electron chi connectivity index (χ1n) is 13.6. The number of hydrazone groups is 1. The van der Waals surface area contributed by atoms with Crippen LogP contribution < -0.4 is 16.2 Å². The van der Waals surface area contributed by atoms with Crippen LogP contribution in [0, 0.1) is 13.8 Å². The van der Waals surface area contributed by atoms with Crippen molar-refractivity contribution in [2.45, 2.75) is 79.7 Å². The normalized spacial score (nSPS) is 13.0. The van der Waals surface area contributed by atoms with E-state index in [4.69, 9.17) is 23.1 Å². The molecule has 0 radical (unpaired) electrons. The number of aryl methyl sites for hydroxylation is 2. The van der Waals surface area contributed by atoms with Crippen LogP contribution in [0.2, 0.25) is 5.02 Å². The number of nitrogens with one attached hydrogen (secondary N) is 1. The zero-order valence-corrected chi connectivity index (χ0v) is 27.1. The Kier molecular flexibility index (Phi) is 18.7. The fourth-order valence-electron chi connectivity index (χ4n) is 2.85. The Morgan fingerprint density at radius 2 is 1.44 bits per heavy atom. The molecule has 11 heteroatoms. The summed E-state index contributed by atoms with van der Waals surface area (Å²) in [6, 6.07) is 15.0. The number of amides is 2. The molecule has 224 valence electrons.